The number of aliphatic hydroxyl groups is 1. The Morgan fingerprint density at radius 1 is 1.47 bits per heavy atom. The van der Waals surface area contributed by atoms with Gasteiger partial charge >= 0.3 is 0 Å². The molecule has 4 nitrogen and oxygen atoms in total. The molecule has 1 heterocycles. The van der Waals surface area contributed by atoms with Gasteiger partial charge in [0.2, 0.25) is 5.91 Å². The Bertz CT molecular complexity index is 394. The van der Waals surface area contributed by atoms with E-state index in [0.717, 1.165) is 32.1 Å². The van der Waals surface area contributed by atoms with Crippen molar-refractivity contribution in [2.75, 3.05) is 6.54 Å². The minimum absolute atomic E-state index is 0.00198. The molecular formula is C15H22N2O2. The first-order valence-corrected chi connectivity index (χ1v) is 7.10. The summed E-state index contributed by atoms with van der Waals surface area (Å²) in [6.07, 6.45) is 8.51. The Kier molecular flexibility index (Phi) is 5.33. The topological polar surface area (TPSA) is 62.2 Å². The van der Waals surface area contributed by atoms with Crippen LogP contribution in [0.1, 0.15) is 37.7 Å². The van der Waals surface area contributed by atoms with Crippen molar-refractivity contribution >= 4 is 5.91 Å². The Morgan fingerprint density at radius 3 is 3.11 bits per heavy atom. The number of amides is 1. The predicted molar refractivity (Wildman–Crippen MR) is 73.5 cm³/mol. The summed E-state index contributed by atoms with van der Waals surface area (Å²) in [5, 5.41) is 12.5. The SMILES string of the molecule is O=C(NCCCc1cccnc1)[C@H]1CCC[C@@H](O)C1. The van der Waals surface area contributed by atoms with E-state index >= 15 is 0 Å². The smallest absolute Gasteiger partial charge is 0.223 e. The second-order valence-corrected chi connectivity index (χ2v) is 5.27. The van der Waals surface area contributed by atoms with Gasteiger partial charge < -0.3 is 10.4 Å². The second kappa shape index (κ2) is 7.24. The third-order valence-corrected chi connectivity index (χ3v) is 3.68. The van der Waals surface area contributed by atoms with Crippen LogP contribution in [0.2, 0.25) is 0 Å². The van der Waals surface area contributed by atoms with E-state index in [4.69, 9.17) is 0 Å². The van der Waals surface area contributed by atoms with Crippen LogP contribution in [0, 0.1) is 5.92 Å². The molecule has 2 N–H and O–H groups in total. The lowest BCUT2D eigenvalue weighted by atomic mass is 9.87. The van der Waals surface area contributed by atoms with E-state index in [1.54, 1.807) is 6.20 Å². The average Bonchev–Trinajstić information content (AvgIpc) is 2.44. The molecule has 1 aromatic rings. The van der Waals surface area contributed by atoms with Gasteiger partial charge in [0.05, 0.1) is 6.10 Å². The quantitative estimate of drug-likeness (QED) is 0.794. The largest absolute Gasteiger partial charge is 0.393 e. The van der Waals surface area contributed by atoms with Crippen LogP contribution >= 0.6 is 0 Å². The molecule has 2 rings (SSSR count). The number of aryl methyl sites for hydroxylation is 1. The number of carbonyl (C=O) groups excluding carboxylic acids is 1. The summed E-state index contributed by atoms with van der Waals surface area (Å²) in [5.41, 5.74) is 1.20. The number of carbonyl (C=O) groups is 1. The van der Waals surface area contributed by atoms with Gasteiger partial charge in [-0.05, 0) is 43.7 Å². The molecule has 0 aromatic carbocycles. The van der Waals surface area contributed by atoms with Crippen LogP contribution in [0.5, 0.6) is 0 Å². The van der Waals surface area contributed by atoms with Gasteiger partial charge in [0.25, 0.3) is 0 Å². The lowest BCUT2D eigenvalue weighted by molar-refractivity contribution is -0.127. The highest BCUT2D eigenvalue weighted by Crippen LogP contribution is 2.24. The van der Waals surface area contributed by atoms with Crippen molar-refractivity contribution in [2.24, 2.45) is 5.92 Å². The fourth-order valence-electron chi connectivity index (χ4n) is 2.60. The summed E-state index contributed by atoms with van der Waals surface area (Å²) in [6.45, 7) is 0.695. The average molecular weight is 262 g/mol. The van der Waals surface area contributed by atoms with Crippen molar-refractivity contribution in [3.8, 4) is 0 Å². The molecule has 4 heteroatoms. The zero-order valence-electron chi connectivity index (χ0n) is 11.2. The second-order valence-electron chi connectivity index (χ2n) is 5.27. The van der Waals surface area contributed by atoms with E-state index in [1.165, 1.54) is 5.56 Å². The normalized spacial score (nSPS) is 23.0. The third kappa shape index (κ3) is 4.63. The van der Waals surface area contributed by atoms with Gasteiger partial charge in [0.1, 0.15) is 0 Å². The maximum absolute atomic E-state index is 11.9. The predicted octanol–water partition coefficient (Wildman–Crippen LogP) is 1.68. The Balaban J connectivity index is 1.64. The van der Waals surface area contributed by atoms with E-state index in [2.05, 4.69) is 10.3 Å². The standard InChI is InChI=1S/C15H22N2O2/c18-14-7-1-6-13(10-14)15(19)17-9-3-5-12-4-2-8-16-11-12/h2,4,8,11,13-14,18H,1,3,5-7,9-10H2,(H,17,19)/t13-,14+/m0/s1. The molecule has 19 heavy (non-hydrogen) atoms. The van der Waals surface area contributed by atoms with E-state index in [9.17, 15) is 9.90 Å². The Morgan fingerprint density at radius 2 is 2.37 bits per heavy atom. The molecule has 1 saturated carbocycles. The van der Waals surface area contributed by atoms with Crippen molar-refractivity contribution in [2.45, 2.75) is 44.6 Å². The van der Waals surface area contributed by atoms with Gasteiger partial charge in [-0.2, -0.15) is 0 Å². The first-order chi connectivity index (χ1) is 9.25. The van der Waals surface area contributed by atoms with Gasteiger partial charge in [-0.25, -0.2) is 0 Å². The van der Waals surface area contributed by atoms with Crippen LogP contribution < -0.4 is 5.32 Å². The zero-order valence-corrected chi connectivity index (χ0v) is 11.2. The maximum atomic E-state index is 11.9. The maximum Gasteiger partial charge on any atom is 0.223 e. The summed E-state index contributed by atoms with van der Waals surface area (Å²) in [4.78, 5) is 16.0. The molecule has 0 bridgehead atoms. The molecule has 1 aliphatic rings. The Labute approximate surface area is 114 Å². The van der Waals surface area contributed by atoms with Crippen LogP contribution in [0.3, 0.4) is 0 Å². The third-order valence-electron chi connectivity index (χ3n) is 3.68. The molecule has 0 unspecified atom stereocenters. The number of pyridine rings is 1. The highest BCUT2D eigenvalue weighted by atomic mass is 16.3. The van der Waals surface area contributed by atoms with Gasteiger partial charge in [0, 0.05) is 24.9 Å². The number of rotatable bonds is 5. The van der Waals surface area contributed by atoms with Crippen LogP contribution in [-0.4, -0.2) is 28.6 Å². The van der Waals surface area contributed by atoms with E-state index in [0.29, 0.717) is 13.0 Å². The number of nitrogens with zero attached hydrogens (tertiary/aromatic N) is 1. The Hall–Kier alpha value is -1.42. The van der Waals surface area contributed by atoms with Crippen molar-refractivity contribution in [1.29, 1.82) is 0 Å². The monoisotopic (exact) mass is 262 g/mol. The number of hydrogen-bond donors (Lipinski definition) is 2. The van der Waals surface area contributed by atoms with Crippen molar-refractivity contribution in [3.05, 3.63) is 30.1 Å². The summed E-state index contributed by atoms with van der Waals surface area (Å²) in [5.74, 6) is 0.104. The minimum atomic E-state index is -0.292. The van der Waals surface area contributed by atoms with Crippen LogP contribution in [0.25, 0.3) is 0 Å². The van der Waals surface area contributed by atoms with Gasteiger partial charge in [-0.3, -0.25) is 9.78 Å². The van der Waals surface area contributed by atoms with Gasteiger partial charge in [0.15, 0.2) is 0 Å². The molecule has 2 atom stereocenters. The highest BCUT2D eigenvalue weighted by Gasteiger charge is 2.25. The fourth-order valence-corrected chi connectivity index (χ4v) is 2.60. The fraction of sp³-hybridized carbons (Fsp3) is 0.600. The molecule has 0 radical (unpaired) electrons. The molecule has 1 amide bonds. The van der Waals surface area contributed by atoms with Crippen molar-refractivity contribution in [3.63, 3.8) is 0 Å². The molecule has 0 spiro atoms. The van der Waals surface area contributed by atoms with E-state index in [-0.39, 0.29) is 17.9 Å². The summed E-state index contributed by atoms with van der Waals surface area (Å²) in [7, 11) is 0. The van der Waals surface area contributed by atoms with Crippen LogP contribution in [-0.2, 0) is 11.2 Å². The number of hydrogen-bond acceptors (Lipinski definition) is 3. The van der Waals surface area contributed by atoms with Crippen LogP contribution in [0.4, 0.5) is 0 Å². The molecule has 1 aliphatic carbocycles. The first kappa shape index (κ1) is 14.0. The number of nitrogens with one attached hydrogen (secondary N) is 1. The van der Waals surface area contributed by atoms with Crippen LogP contribution in [0.15, 0.2) is 24.5 Å². The zero-order chi connectivity index (χ0) is 13.5. The molecular weight excluding hydrogens is 240 g/mol. The molecule has 1 fully saturated rings. The molecule has 1 aromatic heterocycles. The van der Waals surface area contributed by atoms with E-state index < -0.39 is 0 Å². The van der Waals surface area contributed by atoms with Gasteiger partial charge in [-0.15, -0.1) is 0 Å². The van der Waals surface area contributed by atoms with Crippen molar-refractivity contribution < 1.29 is 9.90 Å². The lowest BCUT2D eigenvalue weighted by Crippen LogP contribution is -2.35. The number of aliphatic hydroxyl groups excluding tert-OH is 1. The summed E-state index contributed by atoms with van der Waals surface area (Å²) >= 11 is 0. The molecule has 0 saturated heterocycles. The lowest BCUT2D eigenvalue weighted by Gasteiger charge is -2.24. The van der Waals surface area contributed by atoms with E-state index in [1.807, 2.05) is 18.3 Å². The van der Waals surface area contributed by atoms with Crippen molar-refractivity contribution in [1.82, 2.24) is 10.3 Å². The minimum Gasteiger partial charge on any atom is -0.393 e. The summed E-state index contributed by atoms with van der Waals surface area (Å²) < 4.78 is 0. The number of aromatic nitrogens is 1. The first-order valence-electron chi connectivity index (χ1n) is 7.10. The molecule has 104 valence electrons. The highest BCUT2D eigenvalue weighted by molar-refractivity contribution is 5.78. The molecule has 0 aliphatic heterocycles. The summed E-state index contributed by atoms with van der Waals surface area (Å²) in [6, 6.07) is 3.98. The van der Waals surface area contributed by atoms with Gasteiger partial charge in [-0.1, -0.05) is 12.5 Å².